The van der Waals surface area contributed by atoms with Gasteiger partial charge in [-0.15, -0.1) is 11.3 Å². The van der Waals surface area contributed by atoms with Gasteiger partial charge in [0.15, 0.2) is 0 Å². The Balaban J connectivity index is 2.57. The average molecular weight is 226 g/mol. The fourth-order valence-corrected chi connectivity index (χ4v) is 2.85. The maximum atomic E-state index is 10.8. The van der Waals surface area contributed by atoms with E-state index in [0.717, 1.165) is 15.0 Å². The van der Waals surface area contributed by atoms with E-state index in [4.69, 9.17) is 17.3 Å². The first-order valence-corrected chi connectivity index (χ1v) is 5.32. The van der Waals surface area contributed by atoms with Gasteiger partial charge in [-0.05, 0) is 6.07 Å². The number of hydrogen-bond acceptors (Lipinski definition) is 2. The molecule has 0 radical (unpaired) electrons. The number of carbonyl (C=O) groups excluding carboxylic acids is 1. The first-order chi connectivity index (χ1) is 6.68. The SMILES string of the molecule is NC(=O)Cc1sc2ccccc2c1Cl. The van der Waals surface area contributed by atoms with Crippen molar-refractivity contribution in [2.45, 2.75) is 6.42 Å². The molecule has 2 N–H and O–H groups in total. The summed E-state index contributed by atoms with van der Waals surface area (Å²) in [6.45, 7) is 0. The van der Waals surface area contributed by atoms with Gasteiger partial charge >= 0.3 is 0 Å². The maximum Gasteiger partial charge on any atom is 0.222 e. The number of carbonyl (C=O) groups is 1. The molecule has 2 aromatic rings. The molecule has 0 atom stereocenters. The van der Waals surface area contributed by atoms with E-state index in [1.54, 1.807) is 0 Å². The number of halogens is 1. The maximum absolute atomic E-state index is 10.8. The summed E-state index contributed by atoms with van der Waals surface area (Å²) in [5.41, 5.74) is 5.12. The van der Waals surface area contributed by atoms with E-state index in [-0.39, 0.29) is 12.3 Å². The Morgan fingerprint density at radius 2 is 2.14 bits per heavy atom. The third-order valence-electron chi connectivity index (χ3n) is 1.94. The Morgan fingerprint density at radius 1 is 1.43 bits per heavy atom. The number of amides is 1. The molecule has 0 unspecified atom stereocenters. The molecule has 4 heteroatoms. The van der Waals surface area contributed by atoms with E-state index < -0.39 is 0 Å². The van der Waals surface area contributed by atoms with Crippen LogP contribution in [0.25, 0.3) is 10.1 Å². The molecule has 0 saturated carbocycles. The molecule has 1 aromatic heterocycles. The minimum Gasteiger partial charge on any atom is -0.369 e. The van der Waals surface area contributed by atoms with Crippen molar-refractivity contribution in [3.05, 3.63) is 34.2 Å². The number of rotatable bonds is 2. The van der Waals surface area contributed by atoms with Crippen LogP contribution in [0.15, 0.2) is 24.3 Å². The van der Waals surface area contributed by atoms with E-state index in [0.29, 0.717) is 5.02 Å². The zero-order valence-corrected chi connectivity index (χ0v) is 8.86. The van der Waals surface area contributed by atoms with E-state index in [9.17, 15) is 4.79 Å². The molecule has 0 aliphatic heterocycles. The summed E-state index contributed by atoms with van der Waals surface area (Å²) < 4.78 is 1.09. The second-order valence-corrected chi connectivity index (χ2v) is 4.49. The minimum atomic E-state index is -0.349. The monoisotopic (exact) mass is 225 g/mol. The first-order valence-electron chi connectivity index (χ1n) is 4.12. The number of fused-ring (bicyclic) bond motifs is 1. The van der Waals surface area contributed by atoms with E-state index >= 15 is 0 Å². The van der Waals surface area contributed by atoms with Crippen LogP contribution in [0.5, 0.6) is 0 Å². The van der Waals surface area contributed by atoms with Crippen molar-refractivity contribution in [3.8, 4) is 0 Å². The van der Waals surface area contributed by atoms with Crippen LogP contribution in [0.2, 0.25) is 5.02 Å². The fourth-order valence-electron chi connectivity index (χ4n) is 1.34. The summed E-state index contributed by atoms with van der Waals surface area (Å²) in [6.07, 6.45) is 0.220. The highest BCUT2D eigenvalue weighted by molar-refractivity contribution is 7.19. The molecule has 1 amide bonds. The van der Waals surface area contributed by atoms with Crippen molar-refractivity contribution in [2.24, 2.45) is 5.73 Å². The van der Waals surface area contributed by atoms with Crippen molar-refractivity contribution >= 4 is 38.9 Å². The quantitative estimate of drug-likeness (QED) is 0.839. The van der Waals surface area contributed by atoms with E-state index in [1.165, 1.54) is 11.3 Å². The summed E-state index contributed by atoms with van der Waals surface area (Å²) in [5, 5.41) is 1.65. The van der Waals surface area contributed by atoms with Crippen molar-refractivity contribution in [2.75, 3.05) is 0 Å². The molecule has 0 saturated heterocycles. The minimum absolute atomic E-state index is 0.220. The van der Waals surface area contributed by atoms with E-state index in [2.05, 4.69) is 0 Å². The zero-order valence-electron chi connectivity index (χ0n) is 7.29. The number of hydrogen-bond donors (Lipinski definition) is 1. The second-order valence-electron chi connectivity index (χ2n) is 2.98. The molecule has 0 spiro atoms. The van der Waals surface area contributed by atoms with Gasteiger partial charge < -0.3 is 5.73 Å². The predicted octanol–water partition coefficient (Wildman–Crippen LogP) is 2.58. The fraction of sp³-hybridized carbons (Fsp3) is 0.100. The predicted molar refractivity (Wildman–Crippen MR) is 59.7 cm³/mol. The van der Waals surface area contributed by atoms with E-state index in [1.807, 2.05) is 24.3 Å². The third-order valence-corrected chi connectivity index (χ3v) is 3.65. The van der Waals surface area contributed by atoms with Crippen molar-refractivity contribution in [1.29, 1.82) is 0 Å². The lowest BCUT2D eigenvalue weighted by Gasteiger charge is -1.91. The van der Waals surface area contributed by atoms with Gasteiger partial charge in [0, 0.05) is 15.0 Å². The molecule has 1 heterocycles. The number of benzene rings is 1. The van der Waals surface area contributed by atoms with Gasteiger partial charge in [-0.1, -0.05) is 29.8 Å². The topological polar surface area (TPSA) is 43.1 Å². The molecule has 0 fully saturated rings. The Bertz CT molecular complexity index is 492. The first kappa shape index (κ1) is 9.49. The van der Waals surface area contributed by atoms with Crippen LogP contribution in [0.4, 0.5) is 0 Å². The summed E-state index contributed by atoms with van der Waals surface area (Å²) in [6, 6.07) is 7.80. The lowest BCUT2D eigenvalue weighted by atomic mass is 10.2. The van der Waals surface area contributed by atoms with Gasteiger partial charge in [-0.3, -0.25) is 4.79 Å². The third kappa shape index (κ3) is 1.61. The molecule has 0 aliphatic rings. The molecular formula is C10H8ClNOS. The molecular weight excluding hydrogens is 218 g/mol. The highest BCUT2D eigenvalue weighted by Gasteiger charge is 2.11. The van der Waals surface area contributed by atoms with Crippen LogP contribution in [-0.4, -0.2) is 5.91 Å². The molecule has 1 aromatic carbocycles. The highest BCUT2D eigenvalue weighted by atomic mass is 35.5. The molecule has 2 nitrogen and oxygen atoms in total. The normalized spacial score (nSPS) is 10.6. The number of thiophene rings is 1. The van der Waals surface area contributed by atoms with Gasteiger partial charge in [0.1, 0.15) is 0 Å². The summed E-state index contributed by atoms with van der Waals surface area (Å²) in [5.74, 6) is -0.349. The lowest BCUT2D eigenvalue weighted by molar-refractivity contribution is -0.117. The van der Waals surface area contributed by atoms with Crippen LogP contribution in [0.3, 0.4) is 0 Å². The Hall–Kier alpha value is -1.06. The van der Waals surface area contributed by atoms with Crippen molar-refractivity contribution in [1.82, 2.24) is 0 Å². The molecule has 0 aliphatic carbocycles. The van der Waals surface area contributed by atoms with Gasteiger partial charge in [-0.2, -0.15) is 0 Å². The second kappa shape index (κ2) is 3.59. The van der Waals surface area contributed by atoms with Crippen LogP contribution >= 0.6 is 22.9 Å². The zero-order chi connectivity index (χ0) is 10.1. The largest absolute Gasteiger partial charge is 0.369 e. The number of primary amides is 1. The van der Waals surface area contributed by atoms with Crippen LogP contribution < -0.4 is 5.73 Å². The molecule has 72 valence electrons. The van der Waals surface area contributed by atoms with Crippen LogP contribution in [0, 0.1) is 0 Å². The Kier molecular flexibility index (Phi) is 2.44. The van der Waals surface area contributed by atoms with Gasteiger partial charge in [0.05, 0.1) is 11.4 Å². The lowest BCUT2D eigenvalue weighted by Crippen LogP contribution is -2.12. The molecule has 0 bridgehead atoms. The average Bonchev–Trinajstić information content (AvgIpc) is 2.44. The van der Waals surface area contributed by atoms with Gasteiger partial charge in [-0.25, -0.2) is 0 Å². The van der Waals surface area contributed by atoms with Gasteiger partial charge in [0.2, 0.25) is 5.91 Å². The highest BCUT2D eigenvalue weighted by Crippen LogP contribution is 2.35. The van der Waals surface area contributed by atoms with Crippen molar-refractivity contribution < 1.29 is 4.79 Å². The number of nitrogens with two attached hydrogens (primary N) is 1. The van der Waals surface area contributed by atoms with Crippen LogP contribution in [0.1, 0.15) is 4.88 Å². The molecule has 2 rings (SSSR count). The van der Waals surface area contributed by atoms with Crippen molar-refractivity contribution in [3.63, 3.8) is 0 Å². The van der Waals surface area contributed by atoms with Gasteiger partial charge in [0.25, 0.3) is 0 Å². The summed E-state index contributed by atoms with van der Waals surface area (Å²) in [7, 11) is 0. The summed E-state index contributed by atoms with van der Waals surface area (Å²) >= 11 is 7.62. The summed E-state index contributed by atoms with van der Waals surface area (Å²) in [4.78, 5) is 11.6. The van der Waals surface area contributed by atoms with Crippen LogP contribution in [-0.2, 0) is 11.2 Å². The Labute approximate surface area is 90.3 Å². The molecule has 14 heavy (non-hydrogen) atoms. The smallest absolute Gasteiger partial charge is 0.222 e. The standard InChI is InChI=1S/C10H8ClNOS/c11-10-6-3-1-2-4-7(6)14-8(10)5-9(12)13/h1-4H,5H2,(H2,12,13). The Morgan fingerprint density at radius 3 is 2.79 bits per heavy atom.